The molecule has 8 nitrogen and oxygen atoms in total. The van der Waals surface area contributed by atoms with Crippen molar-refractivity contribution in [1.82, 2.24) is 29.7 Å². The number of aromatic amines is 1. The van der Waals surface area contributed by atoms with Gasteiger partial charge in [0.2, 0.25) is 5.91 Å². The van der Waals surface area contributed by atoms with E-state index in [0.717, 1.165) is 35.1 Å². The van der Waals surface area contributed by atoms with Crippen LogP contribution in [0.5, 0.6) is 0 Å². The van der Waals surface area contributed by atoms with E-state index in [-0.39, 0.29) is 18.2 Å². The van der Waals surface area contributed by atoms with Gasteiger partial charge < -0.3 is 9.88 Å². The van der Waals surface area contributed by atoms with Gasteiger partial charge in [-0.1, -0.05) is 5.21 Å². The van der Waals surface area contributed by atoms with Crippen molar-refractivity contribution in [3.63, 3.8) is 0 Å². The summed E-state index contributed by atoms with van der Waals surface area (Å²) in [6.07, 6.45) is 5.32. The molecule has 4 heterocycles. The summed E-state index contributed by atoms with van der Waals surface area (Å²) >= 11 is 0. The van der Waals surface area contributed by atoms with Crippen molar-refractivity contribution in [2.75, 3.05) is 13.1 Å². The summed E-state index contributed by atoms with van der Waals surface area (Å²) in [7, 11) is 0. The number of fused-ring (bicyclic) bond motifs is 3. The molecule has 0 aliphatic carbocycles. The number of hydrogen-bond acceptors (Lipinski definition) is 5. The van der Waals surface area contributed by atoms with Crippen LogP contribution in [0.1, 0.15) is 30.9 Å². The van der Waals surface area contributed by atoms with Gasteiger partial charge in [-0.15, -0.1) is 5.10 Å². The molecule has 116 valence electrons. The fourth-order valence-electron chi connectivity index (χ4n) is 3.31. The Hall–Kier alpha value is -2.95. The molecule has 0 saturated carbocycles. The number of rotatable bonds is 2. The highest BCUT2D eigenvalue weighted by atomic mass is 16.2. The monoisotopic (exact) mass is 309 g/mol. The molecular formula is C15H15N7O. The standard InChI is InChI=1S/C15H15N7O/c16-5-3-12(23)21-7-1-2-10(8-21)13-14-11-4-6-17-15(11)19-20-22(14)9-18-13/h4,6,9-10,17H,1-3,7-8H2. The van der Waals surface area contributed by atoms with Crippen molar-refractivity contribution in [2.24, 2.45) is 0 Å². The second-order valence-corrected chi connectivity index (χ2v) is 5.77. The molecule has 3 aromatic heterocycles. The maximum atomic E-state index is 12.0. The Bertz CT molecular complexity index is 919. The molecule has 0 spiro atoms. The largest absolute Gasteiger partial charge is 0.345 e. The average Bonchev–Trinajstić information content (AvgIpc) is 3.21. The number of nitriles is 1. The van der Waals surface area contributed by atoms with Gasteiger partial charge >= 0.3 is 0 Å². The van der Waals surface area contributed by atoms with Crippen LogP contribution in [0.15, 0.2) is 18.6 Å². The van der Waals surface area contributed by atoms with Crippen LogP contribution in [0, 0.1) is 11.3 Å². The Balaban J connectivity index is 1.72. The quantitative estimate of drug-likeness (QED) is 0.766. The Morgan fingerprint density at radius 3 is 3.30 bits per heavy atom. The molecule has 1 N–H and O–H groups in total. The lowest BCUT2D eigenvalue weighted by molar-refractivity contribution is -0.131. The third kappa shape index (κ3) is 2.21. The molecule has 1 fully saturated rings. The van der Waals surface area contributed by atoms with Crippen molar-refractivity contribution in [3.8, 4) is 6.07 Å². The van der Waals surface area contributed by atoms with E-state index in [1.54, 1.807) is 15.7 Å². The van der Waals surface area contributed by atoms with Crippen molar-refractivity contribution < 1.29 is 4.79 Å². The molecule has 1 aliphatic rings. The fourth-order valence-corrected chi connectivity index (χ4v) is 3.31. The van der Waals surface area contributed by atoms with Crippen LogP contribution in [0.25, 0.3) is 16.6 Å². The zero-order valence-electron chi connectivity index (χ0n) is 12.4. The minimum Gasteiger partial charge on any atom is -0.345 e. The molecular weight excluding hydrogens is 294 g/mol. The Morgan fingerprint density at radius 1 is 1.52 bits per heavy atom. The summed E-state index contributed by atoms with van der Waals surface area (Å²) in [6, 6.07) is 3.90. The SMILES string of the molecule is N#CCC(=O)N1CCCC(c2ncn3nnc4[nH]ccc4c23)C1. The highest BCUT2D eigenvalue weighted by molar-refractivity contribution is 5.92. The molecule has 23 heavy (non-hydrogen) atoms. The van der Waals surface area contributed by atoms with Crippen LogP contribution in [-0.2, 0) is 4.79 Å². The number of nitrogens with zero attached hydrogens (tertiary/aromatic N) is 6. The fraction of sp³-hybridized carbons (Fsp3) is 0.400. The zero-order valence-corrected chi connectivity index (χ0v) is 12.4. The predicted molar refractivity (Wildman–Crippen MR) is 81.4 cm³/mol. The number of imidazole rings is 1. The first-order valence-electron chi connectivity index (χ1n) is 7.59. The summed E-state index contributed by atoms with van der Waals surface area (Å²) in [5.74, 6) is 0.0472. The van der Waals surface area contributed by atoms with Gasteiger partial charge in [0, 0.05) is 30.6 Å². The van der Waals surface area contributed by atoms with Gasteiger partial charge in [-0.2, -0.15) is 5.26 Å². The minimum atomic E-state index is -0.104. The van der Waals surface area contributed by atoms with E-state index in [2.05, 4.69) is 20.3 Å². The highest BCUT2D eigenvalue weighted by Crippen LogP contribution is 2.31. The van der Waals surface area contributed by atoms with Crippen LogP contribution in [0.3, 0.4) is 0 Å². The lowest BCUT2D eigenvalue weighted by atomic mass is 9.93. The van der Waals surface area contributed by atoms with E-state index in [1.165, 1.54) is 0 Å². The van der Waals surface area contributed by atoms with Crippen molar-refractivity contribution in [1.29, 1.82) is 5.26 Å². The second kappa shape index (κ2) is 5.35. The second-order valence-electron chi connectivity index (χ2n) is 5.77. The number of carbonyl (C=O) groups is 1. The molecule has 1 aliphatic heterocycles. The van der Waals surface area contributed by atoms with Crippen molar-refractivity contribution in [3.05, 3.63) is 24.3 Å². The molecule has 1 saturated heterocycles. The van der Waals surface area contributed by atoms with Crippen LogP contribution in [0.2, 0.25) is 0 Å². The summed E-state index contributed by atoms with van der Waals surface area (Å²) in [4.78, 5) is 21.4. The molecule has 0 bridgehead atoms. The molecule has 3 aromatic rings. The molecule has 4 rings (SSSR count). The van der Waals surface area contributed by atoms with Crippen LogP contribution >= 0.6 is 0 Å². The number of carbonyl (C=O) groups excluding carboxylic acids is 1. The maximum absolute atomic E-state index is 12.0. The number of aromatic nitrogens is 5. The van der Waals surface area contributed by atoms with Gasteiger partial charge in [0.1, 0.15) is 18.3 Å². The third-order valence-corrected chi connectivity index (χ3v) is 4.39. The van der Waals surface area contributed by atoms with Gasteiger partial charge in [0.05, 0.1) is 11.8 Å². The van der Waals surface area contributed by atoms with Gasteiger partial charge in [-0.05, 0) is 18.9 Å². The molecule has 1 unspecified atom stereocenters. The number of amides is 1. The van der Waals surface area contributed by atoms with Crippen LogP contribution in [-0.4, -0.2) is 48.7 Å². The van der Waals surface area contributed by atoms with Gasteiger partial charge in [-0.25, -0.2) is 9.50 Å². The van der Waals surface area contributed by atoms with E-state index in [9.17, 15) is 4.79 Å². The van der Waals surface area contributed by atoms with Gasteiger partial charge in [0.25, 0.3) is 0 Å². The van der Waals surface area contributed by atoms with Crippen LogP contribution < -0.4 is 0 Å². The zero-order chi connectivity index (χ0) is 15.8. The lowest BCUT2D eigenvalue weighted by Crippen LogP contribution is -2.39. The number of piperidine rings is 1. The Morgan fingerprint density at radius 2 is 2.43 bits per heavy atom. The average molecular weight is 309 g/mol. The number of nitrogens with one attached hydrogen (secondary N) is 1. The van der Waals surface area contributed by atoms with E-state index in [1.807, 2.05) is 18.3 Å². The minimum absolute atomic E-state index is 0.0653. The van der Waals surface area contributed by atoms with E-state index in [4.69, 9.17) is 5.26 Å². The first-order chi connectivity index (χ1) is 11.3. The number of likely N-dealkylation sites (tertiary alicyclic amines) is 1. The summed E-state index contributed by atoms with van der Waals surface area (Å²) in [5.41, 5.74) is 2.61. The highest BCUT2D eigenvalue weighted by Gasteiger charge is 2.28. The lowest BCUT2D eigenvalue weighted by Gasteiger charge is -2.31. The molecule has 8 heteroatoms. The van der Waals surface area contributed by atoms with E-state index in [0.29, 0.717) is 13.1 Å². The van der Waals surface area contributed by atoms with Crippen molar-refractivity contribution in [2.45, 2.75) is 25.2 Å². The topological polar surface area (TPSA) is 103 Å². The van der Waals surface area contributed by atoms with E-state index < -0.39 is 0 Å². The Kier molecular flexibility index (Phi) is 3.19. The maximum Gasteiger partial charge on any atom is 0.236 e. The summed E-state index contributed by atoms with van der Waals surface area (Å²) in [6.45, 7) is 1.31. The van der Waals surface area contributed by atoms with Gasteiger partial charge in [0.15, 0.2) is 5.65 Å². The Labute approximate surface area is 131 Å². The normalized spacial score (nSPS) is 18.4. The van der Waals surface area contributed by atoms with Crippen molar-refractivity contribution >= 4 is 22.5 Å². The molecule has 1 atom stereocenters. The van der Waals surface area contributed by atoms with Crippen LogP contribution in [0.4, 0.5) is 0 Å². The first kappa shape index (κ1) is 13.7. The molecule has 1 amide bonds. The third-order valence-electron chi connectivity index (χ3n) is 4.39. The van der Waals surface area contributed by atoms with E-state index >= 15 is 0 Å². The first-order valence-corrected chi connectivity index (χ1v) is 7.59. The number of H-pyrrole nitrogens is 1. The molecule has 0 radical (unpaired) electrons. The summed E-state index contributed by atoms with van der Waals surface area (Å²) < 4.78 is 1.68. The van der Waals surface area contributed by atoms with Gasteiger partial charge in [-0.3, -0.25) is 4.79 Å². The summed E-state index contributed by atoms with van der Waals surface area (Å²) in [5, 5.41) is 17.9. The number of hydrogen-bond donors (Lipinski definition) is 1. The molecule has 0 aromatic carbocycles. The smallest absolute Gasteiger partial charge is 0.236 e. The predicted octanol–water partition coefficient (Wildman–Crippen LogP) is 1.23.